The normalized spacial score (nSPS) is 10.4. The van der Waals surface area contributed by atoms with Crippen LogP contribution in [-0.4, -0.2) is 24.3 Å². The van der Waals surface area contributed by atoms with Crippen LogP contribution in [0.25, 0.3) is 0 Å². The Morgan fingerprint density at radius 1 is 0.704 bits per heavy atom. The van der Waals surface area contributed by atoms with Crippen molar-refractivity contribution in [2.75, 3.05) is 23.1 Å². The van der Waals surface area contributed by atoms with Crippen molar-refractivity contribution in [3.05, 3.63) is 70.4 Å². The Hall–Kier alpha value is -2.22. The van der Waals surface area contributed by atoms with E-state index < -0.39 is 0 Å². The summed E-state index contributed by atoms with van der Waals surface area (Å²) in [5, 5.41) is 5.83. The Kier molecular flexibility index (Phi) is 6.60. The molecule has 0 spiro atoms. The zero-order valence-corrected chi connectivity index (χ0v) is 17.3. The molecule has 27 heavy (non-hydrogen) atoms. The second-order valence-corrected chi connectivity index (χ2v) is 8.25. The summed E-state index contributed by atoms with van der Waals surface area (Å²) in [5.74, 6) is -0.435. The minimum Gasteiger partial charge on any atom is -0.320 e. The van der Waals surface area contributed by atoms with Crippen LogP contribution < -0.4 is 10.6 Å². The van der Waals surface area contributed by atoms with Crippen LogP contribution >= 0.6 is 34.9 Å². The number of benzene rings is 2. The number of amides is 2. The average molecular weight is 415 g/mol. The van der Waals surface area contributed by atoms with Gasteiger partial charge in [-0.3, -0.25) is 9.59 Å². The van der Waals surface area contributed by atoms with Gasteiger partial charge in [-0.05, 0) is 48.9 Å². The molecular weight excluding hydrogens is 396 g/mol. The van der Waals surface area contributed by atoms with Crippen LogP contribution in [0.15, 0.2) is 70.5 Å². The summed E-state index contributed by atoms with van der Waals surface area (Å²) >= 11 is 4.32. The second kappa shape index (κ2) is 9.12. The quantitative estimate of drug-likeness (QED) is 0.508. The van der Waals surface area contributed by atoms with Crippen LogP contribution in [0.5, 0.6) is 0 Å². The maximum Gasteiger partial charge on any atom is 0.265 e. The van der Waals surface area contributed by atoms with E-state index in [1.165, 1.54) is 11.3 Å². The van der Waals surface area contributed by atoms with Gasteiger partial charge in [0, 0.05) is 9.79 Å². The number of carbonyl (C=O) groups excluding carboxylic acids is 2. The third-order valence-electron chi connectivity index (χ3n) is 3.76. The highest BCUT2D eigenvalue weighted by molar-refractivity contribution is 7.99. The van der Waals surface area contributed by atoms with Gasteiger partial charge in [0.25, 0.3) is 11.8 Å². The minimum absolute atomic E-state index is 0.218. The molecule has 0 aliphatic rings. The Morgan fingerprint density at radius 2 is 1.11 bits per heavy atom. The predicted molar refractivity (Wildman–Crippen MR) is 117 cm³/mol. The van der Waals surface area contributed by atoms with Crippen molar-refractivity contribution in [1.29, 1.82) is 0 Å². The van der Waals surface area contributed by atoms with Crippen LogP contribution in [0.1, 0.15) is 19.3 Å². The Morgan fingerprint density at radius 3 is 1.52 bits per heavy atom. The van der Waals surface area contributed by atoms with Crippen LogP contribution in [0.4, 0.5) is 11.4 Å². The van der Waals surface area contributed by atoms with Gasteiger partial charge in [0.15, 0.2) is 0 Å². The van der Waals surface area contributed by atoms with Gasteiger partial charge in [0.1, 0.15) is 0 Å². The summed E-state index contributed by atoms with van der Waals surface area (Å²) in [7, 11) is 0. The van der Waals surface area contributed by atoms with Gasteiger partial charge in [-0.2, -0.15) is 0 Å². The molecule has 0 radical (unpaired) electrons. The van der Waals surface area contributed by atoms with Gasteiger partial charge in [-0.25, -0.2) is 0 Å². The van der Waals surface area contributed by atoms with Crippen LogP contribution in [0.2, 0.25) is 0 Å². The summed E-state index contributed by atoms with van der Waals surface area (Å²) < 4.78 is 0. The van der Waals surface area contributed by atoms with Gasteiger partial charge in [-0.15, -0.1) is 34.9 Å². The number of anilines is 2. The highest BCUT2D eigenvalue weighted by atomic mass is 32.2. The second-order valence-electron chi connectivity index (χ2n) is 5.47. The van der Waals surface area contributed by atoms with Crippen LogP contribution in [-0.2, 0) is 0 Å². The standard InChI is InChI=1S/C20H18N2O2S3/c1-25-15-9-5-3-7-13(15)21-19(23)17-11-12-18(27-17)20(24)22-14-8-4-6-10-16(14)26-2/h3-12H,1-2H3,(H,21,23)(H,22,24). The summed E-state index contributed by atoms with van der Waals surface area (Å²) in [6, 6.07) is 18.6. The van der Waals surface area contributed by atoms with E-state index in [0.717, 1.165) is 21.2 Å². The van der Waals surface area contributed by atoms with Crippen molar-refractivity contribution in [3.8, 4) is 0 Å². The number of para-hydroxylation sites is 2. The molecule has 0 fully saturated rings. The molecule has 3 rings (SSSR count). The summed E-state index contributed by atoms with van der Waals surface area (Å²) in [6.45, 7) is 0. The van der Waals surface area contributed by atoms with E-state index in [4.69, 9.17) is 0 Å². The first kappa shape index (κ1) is 19.5. The van der Waals surface area contributed by atoms with Gasteiger partial charge in [0.2, 0.25) is 0 Å². The fourth-order valence-electron chi connectivity index (χ4n) is 2.45. The summed E-state index contributed by atoms with van der Waals surface area (Å²) in [5.41, 5.74) is 1.53. The van der Waals surface area contributed by atoms with E-state index in [1.807, 2.05) is 61.0 Å². The number of hydrogen-bond acceptors (Lipinski definition) is 5. The van der Waals surface area contributed by atoms with E-state index >= 15 is 0 Å². The number of nitrogens with one attached hydrogen (secondary N) is 2. The van der Waals surface area contributed by atoms with Gasteiger partial charge >= 0.3 is 0 Å². The highest BCUT2D eigenvalue weighted by Crippen LogP contribution is 2.28. The monoisotopic (exact) mass is 414 g/mol. The molecule has 1 aromatic heterocycles. The largest absolute Gasteiger partial charge is 0.320 e. The Balaban J connectivity index is 1.72. The number of thioether (sulfide) groups is 2. The molecule has 0 atom stereocenters. The summed E-state index contributed by atoms with van der Waals surface area (Å²) in [6.07, 6.45) is 3.93. The Bertz CT molecular complexity index is 893. The molecule has 138 valence electrons. The van der Waals surface area contributed by atoms with E-state index in [9.17, 15) is 9.59 Å². The zero-order chi connectivity index (χ0) is 19.2. The number of thiophene rings is 1. The third-order valence-corrected chi connectivity index (χ3v) is 6.44. The molecule has 0 saturated carbocycles. The van der Waals surface area contributed by atoms with Crippen molar-refractivity contribution in [2.45, 2.75) is 9.79 Å². The lowest BCUT2D eigenvalue weighted by Crippen LogP contribution is -2.12. The first-order valence-electron chi connectivity index (χ1n) is 8.11. The molecule has 2 N–H and O–H groups in total. The third kappa shape index (κ3) is 4.74. The maximum atomic E-state index is 12.5. The smallest absolute Gasteiger partial charge is 0.265 e. The molecule has 0 unspecified atom stereocenters. The van der Waals surface area contributed by atoms with Gasteiger partial charge in [0.05, 0.1) is 21.1 Å². The fourth-order valence-corrected chi connectivity index (χ4v) is 4.35. The molecule has 3 aromatic rings. The zero-order valence-electron chi connectivity index (χ0n) is 14.8. The number of carbonyl (C=O) groups is 2. The highest BCUT2D eigenvalue weighted by Gasteiger charge is 2.16. The van der Waals surface area contributed by atoms with Gasteiger partial charge < -0.3 is 10.6 Å². The maximum absolute atomic E-state index is 12.5. The summed E-state index contributed by atoms with van der Waals surface area (Å²) in [4.78, 5) is 28.0. The lowest BCUT2D eigenvalue weighted by molar-refractivity contribution is 0.102. The molecule has 4 nitrogen and oxygen atoms in total. The van der Waals surface area contributed by atoms with Crippen molar-refractivity contribution in [2.24, 2.45) is 0 Å². The molecule has 0 aliphatic carbocycles. The van der Waals surface area contributed by atoms with E-state index in [0.29, 0.717) is 9.75 Å². The molecule has 2 aromatic carbocycles. The lowest BCUT2D eigenvalue weighted by atomic mass is 10.3. The van der Waals surface area contributed by atoms with Crippen molar-refractivity contribution < 1.29 is 9.59 Å². The van der Waals surface area contributed by atoms with E-state index in [2.05, 4.69) is 10.6 Å². The first-order valence-corrected chi connectivity index (χ1v) is 11.4. The molecule has 0 aliphatic heterocycles. The van der Waals surface area contributed by atoms with E-state index in [-0.39, 0.29) is 11.8 Å². The molecule has 2 amide bonds. The SMILES string of the molecule is CSc1ccccc1NC(=O)c1ccc(C(=O)Nc2ccccc2SC)s1. The van der Waals surface area contributed by atoms with E-state index in [1.54, 1.807) is 35.7 Å². The Labute approximate surface area is 170 Å². The minimum atomic E-state index is -0.218. The fraction of sp³-hybridized carbons (Fsp3) is 0.100. The lowest BCUT2D eigenvalue weighted by Gasteiger charge is -2.08. The number of hydrogen-bond donors (Lipinski definition) is 2. The molecule has 1 heterocycles. The van der Waals surface area contributed by atoms with Crippen molar-refractivity contribution in [3.63, 3.8) is 0 Å². The van der Waals surface area contributed by atoms with Crippen molar-refractivity contribution >= 4 is 58.0 Å². The molecule has 0 saturated heterocycles. The number of rotatable bonds is 6. The van der Waals surface area contributed by atoms with Crippen molar-refractivity contribution in [1.82, 2.24) is 0 Å². The van der Waals surface area contributed by atoms with Crippen LogP contribution in [0.3, 0.4) is 0 Å². The first-order chi connectivity index (χ1) is 13.1. The predicted octanol–water partition coefficient (Wildman–Crippen LogP) is 5.70. The molecule has 7 heteroatoms. The molecular formula is C20H18N2O2S3. The topological polar surface area (TPSA) is 58.2 Å². The van der Waals surface area contributed by atoms with Gasteiger partial charge in [-0.1, -0.05) is 24.3 Å². The van der Waals surface area contributed by atoms with Crippen LogP contribution in [0, 0.1) is 0 Å². The molecule has 0 bridgehead atoms. The average Bonchev–Trinajstić information content (AvgIpc) is 3.19.